The largest absolute Gasteiger partial charge is 0.398 e. The third-order valence-electron chi connectivity index (χ3n) is 3.00. The van der Waals surface area contributed by atoms with Crippen LogP contribution in [0.5, 0.6) is 0 Å². The van der Waals surface area contributed by atoms with Crippen molar-refractivity contribution in [2.24, 2.45) is 7.05 Å². The number of nitrogen functional groups attached to an aromatic ring is 1. The van der Waals surface area contributed by atoms with Gasteiger partial charge in [0.05, 0.1) is 15.9 Å². The number of anilines is 1. The van der Waals surface area contributed by atoms with Gasteiger partial charge >= 0.3 is 0 Å². The summed E-state index contributed by atoms with van der Waals surface area (Å²) in [6.07, 6.45) is 1.82. The maximum absolute atomic E-state index is 11.6. The van der Waals surface area contributed by atoms with Crippen LogP contribution in [-0.4, -0.2) is 9.55 Å². The number of thiazole rings is 1. The van der Waals surface area contributed by atoms with Crippen LogP contribution in [0.1, 0.15) is 0 Å². The molecule has 4 nitrogen and oxygen atoms in total. The van der Waals surface area contributed by atoms with Crippen molar-refractivity contribution < 1.29 is 0 Å². The number of rotatable bonds is 1. The number of hydrogen-bond donors (Lipinski definition) is 1. The summed E-state index contributed by atoms with van der Waals surface area (Å²) >= 11 is 1.58. The first-order valence-corrected chi connectivity index (χ1v) is 6.33. The molecule has 2 aromatic heterocycles. The molecule has 0 spiro atoms. The molecule has 0 fully saturated rings. The Morgan fingerprint density at radius 3 is 2.89 bits per heavy atom. The highest BCUT2D eigenvalue weighted by Gasteiger charge is 2.07. The molecule has 1 aromatic carbocycles. The normalized spacial score (nSPS) is 10.9. The van der Waals surface area contributed by atoms with E-state index in [2.05, 4.69) is 4.98 Å². The van der Waals surface area contributed by atoms with Gasteiger partial charge in [0.25, 0.3) is 5.56 Å². The van der Waals surface area contributed by atoms with Gasteiger partial charge < -0.3 is 10.3 Å². The van der Waals surface area contributed by atoms with E-state index >= 15 is 0 Å². The molecular weight excluding hydrogens is 246 g/mol. The standard InChI is InChI=1S/C13H11N3OS/c1-16-11-3-2-8(12-6-15-7-18-12)4-9(11)10(14)5-13(16)17/h2-7H,14H2,1H3. The first-order chi connectivity index (χ1) is 8.66. The van der Waals surface area contributed by atoms with Crippen LogP contribution in [0.2, 0.25) is 0 Å². The van der Waals surface area contributed by atoms with Crippen molar-refractivity contribution in [3.8, 4) is 10.4 Å². The zero-order valence-electron chi connectivity index (χ0n) is 9.75. The molecule has 0 amide bonds. The van der Waals surface area contributed by atoms with Crippen molar-refractivity contribution in [2.45, 2.75) is 0 Å². The van der Waals surface area contributed by atoms with Gasteiger partial charge in [-0.2, -0.15) is 0 Å². The molecule has 0 atom stereocenters. The van der Waals surface area contributed by atoms with Crippen LogP contribution >= 0.6 is 11.3 Å². The summed E-state index contributed by atoms with van der Waals surface area (Å²) in [5.41, 5.74) is 10.0. The molecular formula is C13H11N3OS. The number of hydrogen-bond acceptors (Lipinski definition) is 4. The Balaban J connectivity index is 2.34. The summed E-state index contributed by atoms with van der Waals surface area (Å²) in [6, 6.07) is 7.35. The van der Waals surface area contributed by atoms with Gasteiger partial charge in [-0.3, -0.25) is 9.78 Å². The van der Waals surface area contributed by atoms with Crippen molar-refractivity contribution in [3.05, 3.63) is 46.3 Å². The predicted molar refractivity (Wildman–Crippen MR) is 74.7 cm³/mol. The first kappa shape index (κ1) is 11.0. The van der Waals surface area contributed by atoms with Gasteiger partial charge in [-0.05, 0) is 17.7 Å². The van der Waals surface area contributed by atoms with Crippen molar-refractivity contribution in [1.29, 1.82) is 0 Å². The summed E-state index contributed by atoms with van der Waals surface area (Å²) in [5.74, 6) is 0. The monoisotopic (exact) mass is 257 g/mol. The van der Waals surface area contributed by atoms with Crippen LogP contribution < -0.4 is 11.3 Å². The van der Waals surface area contributed by atoms with Gasteiger partial charge in [0.1, 0.15) is 0 Å². The quantitative estimate of drug-likeness (QED) is 0.727. The molecule has 90 valence electrons. The van der Waals surface area contributed by atoms with Crippen LogP contribution in [-0.2, 0) is 7.05 Å². The molecule has 0 aliphatic heterocycles. The average molecular weight is 257 g/mol. The summed E-state index contributed by atoms with van der Waals surface area (Å²) in [7, 11) is 1.75. The van der Waals surface area contributed by atoms with E-state index in [0.29, 0.717) is 5.69 Å². The SMILES string of the molecule is Cn1c(=O)cc(N)c2cc(-c3cncs3)ccc21. The topological polar surface area (TPSA) is 60.9 Å². The van der Waals surface area contributed by atoms with Crippen LogP contribution in [0.3, 0.4) is 0 Å². The minimum absolute atomic E-state index is 0.0921. The van der Waals surface area contributed by atoms with E-state index in [4.69, 9.17) is 5.73 Å². The van der Waals surface area contributed by atoms with E-state index in [1.807, 2.05) is 24.4 Å². The molecule has 18 heavy (non-hydrogen) atoms. The van der Waals surface area contributed by atoms with E-state index in [0.717, 1.165) is 21.3 Å². The Bertz CT molecular complexity index is 775. The average Bonchev–Trinajstić information content (AvgIpc) is 2.89. The number of aromatic nitrogens is 2. The van der Waals surface area contributed by atoms with Crippen molar-refractivity contribution in [1.82, 2.24) is 9.55 Å². The maximum Gasteiger partial charge on any atom is 0.252 e. The smallest absolute Gasteiger partial charge is 0.252 e. The minimum Gasteiger partial charge on any atom is -0.398 e. The number of pyridine rings is 1. The van der Waals surface area contributed by atoms with Gasteiger partial charge in [0.15, 0.2) is 0 Å². The Morgan fingerprint density at radius 1 is 1.33 bits per heavy atom. The molecule has 3 rings (SSSR count). The molecule has 3 aromatic rings. The molecule has 5 heteroatoms. The Kier molecular flexibility index (Phi) is 2.41. The molecule has 0 unspecified atom stereocenters. The molecule has 0 saturated carbocycles. The van der Waals surface area contributed by atoms with Crippen LogP contribution in [0.15, 0.2) is 40.8 Å². The summed E-state index contributed by atoms with van der Waals surface area (Å²) in [4.78, 5) is 16.8. The molecule has 0 radical (unpaired) electrons. The predicted octanol–water partition coefficient (Wildman–Crippen LogP) is 2.24. The lowest BCUT2D eigenvalue weighted by Gasteiger charge is -2.08. The van der Waals surface area contributed by atoms with E-state index in [1.165, 1.54) is 6.07 Å². The molecule has 0 aliphatic carbocycles. The highest BCUT2D eigenvalue weighted by molar-refractivity contribution is 7.13. The van der Waals surface area contributed by atoms with E-state index in [1.54, 1.807) is 28.5 Å². The van der Waals surface area contributed by atoms with Crippen molar-refractivity contribution >= 4 is 27.9 Å². The fourth-order valence-corrected chi connectivity index (χ4v) is 2.62. The van der Waals surface area contributed by atoms with Gasteiger partial charge in [0.2, 0.25) is 0 Å². The summed E-state index contributed by atoms with van der Waals surface area (Å²) in [5, 5.41) is 0.892. The third kappa shape index (κ3) is 1.60. The zero-order chi connectivity index (χ0) is 12.7. The van der Waals surface area contributed by atoms with Crippen LogP contribution in [0, 0.1) is 0 Å². The Hall–Kier alpha value is -2.14. The number of aryl methyl sites for hydroxylation is 1. The fraction of sp³-hybridized carbons (Fsp3) is 0.0769. The van der Waals surface area contributed by atoms with Crippen LogP contribution in [0.25, 0.3) is 21.3 Å². The summed E-state index contributed by atoms with van der Waals surface area (Å²) < 4.78 is 1.60. The lowest BCUT2D eigenvalue weighted by molar-refractivity contribution is 0.907. The first-order valence-electron chi connectivity index (χ1n) is 5.45. The number of nitrogens with zero attached hydrogens (tertiary/aromatic N) is 2. The van der Waals surface area contributed by atoms with Gasteiger partial charge in [-0.25, -0.2) is 0 Å². The Morgan fingerprint density at radius 2 is 2.17 bits per heavy atom. The molecule has 2 N–H and O–H groups in total. The van der Waals surface area contributed by atoms with Gasteiger partial charge in [0, 0.05) is 30.4 Å². The van der Waals surface area contributed by atoms with Gasteiger partial charge in [-0.1, -0.05) is 6.07 Å². The molecule has 2 heterocycles. The van der Waals surface area contributed by atoms with Crippen molar-refractivity contribution in [2.75, 3.05) is 5.73 Å². The lowest BCUT2D eigenvalue weighted by Crippen LogP contribution is -2.16. The van der Waals surface area contributed by atoms with E-state index in [9.17, 15) is 4.79 Å². The highest BCUT2D eigenvalue weighted by atomic mass is 32.1. The molecule has 0 saturated heterocycles. The molecule has 0 bridgehead atoms. The number of benzene rings is 1. The van der Waals surface area contributed by atoms with Gasteiger partial charge in [-0.15, -0.1) is 11.3 Å². The summed E-state index contributed by atoms with van der Waals surface area (Å²) in [6.45, 7) is 0. The van der Waals surface area contributed by atoms with E-state index in [-0.39, 0.29) is 5.56 Å². The second-order valence-electron chi connectivity index (χ2n) is 4.09. The van der Waals surface area contributed by atoms with Crippen molar-refractivity contribution in [3.63, 3.8) is 0 Å². The second-order valence-corrected chi connectivity index (χ2v) is 4.98. The zero-order valence-corrected chi connectivity index (χ0v) is 10.6. The molecule has 0 aliphatic rings. The Labute approximate surface area is 107 Å². The number of nitrogens with two attached hydrogens (primary N) is 1. The lowest BCUT2D eigenvalue weighted by atomic mass is 10.1. The fourth-order valence-electron chi connectivity index (χ4n) is 2.00. The third-order valence-corrected chi connectivity index (χ3v) is 3.82. The highest BCUT2D eigenvalue weighted by Crippen LogP contribution is 2.28. The second kappa shape index (κ2) is 3.96. The number of fused-ring (bicyclic) bond motifs is 1. The van der Waals surface area contributed by atoms with Crippen LogP contribution in [0.4, 0.5) is 5.69 Å². The minimum atomic E-state index is -0.0921. The van der Waals surface area contributed by atoms with E-state index < -0.39 is 0 Å². The maximum atomic E-state index is 11.6.